The van der Waals surface area contributed by atoms with E-state index in [1.807, 2.05) is 29.8 Å². The molecule has 0 bridgehead atoms. The zero-order valence-electron chi connectivity index (χ0n) is 11.0. The van der Waals surface area contributed by atoms with Crippen molar-refractivity contribution in [3.63, 3.8) is 0 Å². The molecule has 0 saturated heterocycles. The van der Waals surface area contributed by atoms with Gasteiger partial charge in [0.15, 0.2) is 0 Å². The lowest BCUT2D eigenvalue weighted by molar-refractivity contribution is -0.115. The number of carbonyl (C=O) groups is 2. The average Bonchev–Trinajstić information content (AvgIpc) is 3.05. The lowest BCUT2D eigenvalue weighted by atomic mass is 10.1. The Morgan fingerprint density at radius 2 is 2.25 bits per heavy atom. The molecule has 0 spiro atoms. The molecule has 102 valence electrons. The molecule has 3 rings (SSSR count). The fraction of sp³-hybridized carbons (Fsp3) is 0.200. The number of thiophene rings is 1. The van der Waals surface area contributed by atoms with Crippen molar-refractivity contribution in [1.29, 1.82) is 0 Å². The van der Waals surface area contributed by atoms with Crippen LogP contribution in [-0.4, -0.2) is 11.8 Å². The van der Waals surface area contributed by atoms with Crippen molar-refractivity contribution in [2.75, 3.05) is 5.32 Å². The third-order valence-electron chi connectivity index (χ3n) is 3.39. The van der Waals surface area contributed by atoms with Crippen molar-refractivity contribution in [3.8, 4) is 0 Å². The maximum Gasteiger partial charge on any atom is 0.251 e. The predicted octanol–water partition coefficient (Wildman–Crippen LogP) is 2.73. The fourth-order valence-corrected chi connectivity index (χ4v) is 2.99. The standard InChI is InChI=1S/C15H14N2O2S/c1-9(12-4-5-20-8-12)16-15(19)11-3-2-10-7-14(18)17-13(10)6-11/h2-6,8-9H,7H2,1H3,(H,16,19)(H,17,18). The van der Waals surface area contributed by atoms with E-state index >= 15 is 0 Å². The molecular formula is C15H14N2O2S. The first kappa shape index (κ1) is 12.9. The molecule has 4 nitrogen and oxygen atoms in total. The molecule has 0 fully saturated rings. The van der Waals surface area contributed by atoms with Crippen LogP contribution in [0.3, 0.4) is 0 Å². The first-order chi connectivity index (χ1) is 9.63. The van der Waals surface area contributed by atoms with Gasteiger partial charge in [0.05, 0.1) is 12.5 Å². The van der Waals surface area contributed by atoms with E-state index in [-0.39, 0.29) is 17.9 Å². The van der Waals surface area contributed by atoms with E-state index in [1.54, 1.807) is 23.5 Å². The number of rotatable bonds is 3. The van der Waals surface area contributed by atoms with Crippen molar-refractivity contribution < 1.29 is 9.59 Å². The van der Waals surface area contributed by atoms with E-state index in [0.29, 0.717) is 12.0 Å². The maximum absolute atomic E-state index is 12.2. The highest BCUT2D eigenvalue weighted by molar-refractivity contribution is 7.07. The number of benzene rings is 1. The second-order valence-corrected chi connectivity index (χ2v) is 5.63. The summed E-state index contributed by atoms with van der Waals surface area (Å²) in [4.78, 5) is 23.5. The molecule has 1 atom stereocenters. The Morgan fingerprint density at radius 1 is 1.40 bits per heavy atom. The SMILES string of the molecule is CC(NC(=O)c1ccc2c(c1)NC(=O)C2)c1ccsc1. The summed E-state index contributed by atoms with van der Waals surface area (Å²) in [5.74, 6) is -0.156. The van der Waals surface area contributed by atoms with Crippen molar-refractivity contribution in [2.24, 2.45) is 0 Å². The summed E-state index contributed by atoms with van der Waals surface area (Å²) in [6.45, 7) is 1.95. The highest BCUT2D eigenvalue weighted by atomic mass is 32.1. The number of carbonyl (C=O) groups excluding carboxylic acids is 2. The molecule has 1 aliphatic heterocycles. The summed E-state index contributed by atoms with van der Waals surface area (Å²) < 4.78 is 0. The Bertz CT molecular complexity index is 665. The van der Waals surface area contributed by atoms with Crippen LogP contribution in [0.25, 0.3) is 0 Å². The smallest absolute Gasteiger partial charge is 0.251 e. The number of anilines is 1. The van der Waals surface area contributed by atoms with Crippen LogP contribution >= 0.6 is 11.3 Å². The lowest BCUT2D eigenvalue weighted by Crippen LogP contribution is -2.26. The van der Waals surface area contributed by atoms with Gasteiger partial charge in [-0.25, -0.2) is 0 Å². The third kappa shape index (κ3) is 2.44. The van der Waals surface area contributed by atoms with Gasteiger partial charge < -0.3 is 10.6 Å². The van der Waals surface area contributed by atoms with Crippen LogP contribution in [0, 0.1) is 0 Å². The summed E-state index contributed by atoms with van der Waals surface area (Å²) in [6, 6.07) is 7.29. The van der Waals surface area contributed by atoms with Gasteiger partial charge in [-0.1, -0.05) is 6.07 Å². The predicted molar refractivity (Wildman–Crippen MR) is 79.0 cm³/mol. The van der Waals surface area contributed by atoms with Crippen LogP contribution in [0.1, 0.15) is 34.5 Å². The number of nitrogens with one attached hydrogen (secondary N) is 2. The summed E-state index contributed by atoms with van der Waals surface area (Å²) in [5.41, 5.74) is 3.34. The van der Waals surface area contributed by atoms with Gasteiger partial charge in [0.2, 0.25) is 5.91 Å². The molecule has 0 saturated carbocycles. The van der Waals surface area contributed by atoms with E-state index < -0.39 is 0 Å². The van der Waals surface area contributed by atoms with Gasteiger partial charge in [0.25, 0.3) is 5.91 Å². The van der Waals surface area contributed by atoms with E-state index in [0.717, 1.165) is 16.8 Å². The fourth-order valence-electron chi connectivity index (χ4n) is 2.24. The van der Waals surface area contributed by atoms with E-state index in [1.165, 1.54) is 0 Å². The van der Waals surface area contributed by atoms with E-state index in [2.05, 4.69) is 10.6 Å². The van der Waals surface area contributed by atoms with E-state index in [4.69, 9.17) is 0 Å². The Morgan fingerprint density at radius 3 is 3.00 bits per heavy atom. The molecule has 1 aromatic heterocycles. The molecule has 2 amide bonds. The van der Waals surface area contributed by atoms with E-state index in [9.17, 15) is 9.59 Å². The second-order valence-electron chi connectivity index (χ2n) is 4.85. The minimum Gasteiger partial charge on any atom is -0.345 e. The monoisotopic (exact) mass is 286 g/mol. The highest BCUT2D eigenvalue weighted by Gasteiger charge is 2.19. The van der Waals surface area contributed by atoms with Gasteiger partial charge in [0, 0.05) is 11.3 Å². The number of fused-ring (bicyclic) bond motifs is 1. The summed E-state index contributed by atoms with van der Waals surface area (Å²) in [5, 5.41) is 9.72. The largest absolute Gasteiger partial charge is 0.345 e. The molecular weight excluding hydrogens is 272 g/mol. The van der Waals surface area contributed by atoms with Gasteiger partial charge in [-0.2, -0.15) is 11.3 Å². The van der Waals surface area contributed by atoms with Crippen molar-refractivity contribution >= 4 is 28.8 Å². The molecule has 5 heteroatoms. The molecule has 2 N–H and O–H groups in total. The Kier molecular flexibility index (Phi) is 3.28. The normalized spacial score (nSPS) is 14.6. The van der Waals surface area contributed by atoms with Gasteiger partial charge in [-0.05, 0) is 47.0 Å². The molecule has 0 radical (unpaired) electrons. The minimum atomic E-state index is -0.132. The topological polar surface area (TPSA) is 58.2 Å². The van der Waals surface area contributed by atoms with Crippen LogP contribution in [0.2, 0.25) is 0 Å². The quantitative estimate of drug-likeness (QED) is 0.911. The summed E-state index contributed by atoms with van der Waals surface area (Å²) in [6.07, 6.45) is 0.391. The number of amides is 2. The van der Waals surface area contributed by atoms with Crippen molar-refractivity contribution in [3.05, 3.63) is 51.7 Å². The van der Waals surface area contributed by atoms with Gasteiger partial charge in [0.1, 0.15) is 0 Å². The van der Waals surface area contributed by atoms with Crippen LogP contribution in [0.15, 0.2) is 35.0 Å². The second kappa shape index (κ2) is 5.09. The maximum atomic E-state index is 12.2. The molecule has 1 aliphatic rings. The van der Waals surface area contributed by atoms with Crippen LogP contribution < -0.4 is 10.6 Å². The zero-order chi connectivity index (χ0) is 14.1. The van der Waals surface area contributed by atoms with Crippen molar-refractivity contribution in [1.82, 2.24) is 5.32 Å². The Labute approximate surface area is 120 Å². The number of hydrogen-bond acceptors (Lipinski definition) is 3. The van der Waals surface area contributed by atoms with Crippen LogP contribution in [0.5, 0.6) is 0 Å². The number of hydrogen-bond donors (Lipinski definition) is 2. The molecule has 20 heavy (non-hydrogen) atoms. The minimum absolute atomic E-state index is 0.0239. The zero-order valence-corrected chi connectivity index (χ0v) is 11.8. The first-order valence-electron chi connectivity index (χ1n) is 6.39. The van der Waals surface area contributed by atoms with Gasteiger partial charge >= 0.3 is 0 Å². The Balaban J connectivity index is 1.75. The van der Waals surface area contributed by atoms with Crippen LogP contribution in [-0.2, 0) is 11.2 Å². The highest BCUT2D eigenvalue weighted by Crippen LogP contribution is 2.24. The Hall–Kier alpha value is -2.14. The molecule has 0 aliphatic carbocycles. The summed E-state index contributed by atoms with van der Waals surface area (Å²) >= 11 is 1.61. The third-order valence-corrected chi connectivity index (χ3v) is 4.09. The molecule has 2 aromatic rings. The molecule has 2 heterocycles. The summed E-state index contributed by atoms with van der Waals surface area (Å²) in [7, 11) is 0. The van der Waals surface area contributed by atoms with Crippen LogP contribution in [0.4, 0.5) is 5.69 Å². The average molecular weight is 286 g/mol. The van der Waals surface area contributed by atoms with Crippen molar-refractivity contribution in [2.45, 2.75) is 19.4 Å². The van der Waals surface area contributed by atoms with Gasteiger partial charge in [-0.15, -0.1) is 0 Å². The van der Waals surface area contributed by atoms with Gasteiger partial charge in [-0.3, -0.25) is 9.59 Å². The molecule has 1 aromatic carbocycles. The molecule has 1 unspecified atom stereocenters. The first-order valence-corrected chi connectivity index (χ1v) is 7.33. The lowest BCUT2D eigenvalue weighted by Gasteiger charge is -2.13.